The predicted octanol–water partition coefficient (Wildman–Crippen LogP) is 3.43. The van der Waals surface area contributed by atoms with Gasteiger partial charge in [0.25, 0.3) is 5.91 Å². The van der Waals surface area contributed by atoms with Gasteiger partial charge in [0.15, 0.2) is 0 Å². The zero-order chi connectivity index (χ0) is 21.5. The fourth-order valence-electron chi connectivity index (χ4n) is 2.51. The van der Waals surface area contributed by atoms with Gasteiger partial charge in [-0.25, -0.2) is 13.1 Å². The number of sulfonamides is 1. The lowest BCUT2D eigenvalue weighted by molar-refractivity contribution is 0.0998. The molecule has 1 amide bonds. The van der Waals surface area contributed by atoms with Gasteiger partial charge in [0, 0.05) is 17.8 Å². The third-order valence-corrected chi connectivity index (χ3v) is 5.46. The van der Waals surface area contributed by atoms with Crippen LogP contribution in [0.15, 0.2) is 53.4 Å². The third-order valence-electron chi connectivity index (χ3n) is 3.68. The summed E-state index contributed by atoms with van der Waals surface area (Å²) in [7, 11) is -3.63. The van der Waals surface area contributed by atoms with E-state index in [1.807, 2.05) is 6.92 Å². The van der Waals surface area contributed by atoms with Crippen molar-refractivity contribution in [3.8, 4) is 5.75 Å². The summed E-state index contributed by atoms with van der Waals surface area (Å²) in [6.45, 7) is 8.59. The molecule has 0 aromatic heterocycles. The molecular weight excluding hydrogens is 392 g/mol. The van der Waals surface area contributed by atoms with Crippen molar-refractivity contribution < 1.29 is 22.7 Å². The first kappa shape index (κ1) is 22.9. The molecule has 0 atom stereocenters. The van der Waals surface area contributed by atoms with Gasteiger partial charge < -0.3 is 14.8 Å². The molecule has 0 fully saturated rings. The van der Waals surface area contributed by atoms with Crippen molar-refractivity contribution in [1.29, 1.82) is 0 Å². The molecule has 29 heavy (non-hydrogen) atoms. The molecule has 158 valence electrons. The Morgan fingerprint density at radius 2 is 1.66 bits per heavy atom. The molecule has 7 nitrogen and oxygen atoms in total. The summed E-state index contributed by atoms with van der Waals surface area (Å²) in [5.74, 6) is 0.110. The van der Waals surface area contributed by atoms with Crippen LogP contribution in [-0.4, -0.2) is 39.7 Å². The number of rotatable bonds is 9. The molecule has 0 saturated heterocycles. The Morgan fingerprint density at radius 1 is 1.00 bits per heavy atom. The molecule has 2 aromatic carbocycles. The van der Waals surface area contributed by atoms with E-state index in [1.165, 1.54) is 12.1 Å². The largest absolute Gasteiger partial charge is 0.490 e. The minimum absolute atomic E-state index is 0.130. The van der Waals surface area contributed by atoms with E-state index in [-0.39, 0.29) is 10.8 Å². The summed E-state index contributed by atoms with van der Waals surface area (Å²) in [5.41, 5.74) is 0.279. The fourth-order valence-corrected chi connectivity index (χ4v) is 3.93. The van der Waals surface area contributed by atoms with Crippen LogP contribution in [0.4, 0.5) is 5.69 Å². The number of ether oxygens (including phenoxy) is 2. The number of para-hydroxylation sites is 1. The van der Waals surface area contributed by atoms with E-state index in [1.54, 1.807) is 57.2 Å². The highest BCUT2D eigenvalue weighted by Crippen LogP contribution is 2.21. The first-order valence-corrected chi connectivity index (χ1v) is 10.9. The molecule has 0 aliphatic rings. The molecule has 0 aliphatic heterocycles. The van der Waals surface area contributed by atoms with E-state index < -0.39 is 15.6 Å². The monoisotopic (exact) mass is 420 g/mol. The van der Waals surface area contributed by atoms with Crippen LogP contribution in [0.2, 0.25) is 0 Å². The molecule has 8 heteroatoms. The summed E-state index contributed by atoms with van der Waals surface area (Å²) < 4.78 is 38.2. The minimum Gasteiger partial charge on any atom is -0.490 e. The van der Waals surface area contributed by atoms with Crippen molar-refractivity contribution in [3.05, 3.63) is 54.1 Å². The molecule has 0 saturated carbocycles. The lowest BCUT2D eigenvalue weighted by Gasteiger charge is -2.20. The van der Waals surface area contributed by atoms with Gasteiger partial charge in [-0.15, -0.1) is 0 Å². The van der Waals surface area contributed by atoms with E-state index in [0.717, 1.165) is 0 Å². The number of benzene rings is 2. The number of hydrogen-bond acceptors (Lipinski definition) is 5. The molecule has 2 N–H and O–H groups in total. The Bertz CT molecular complexity index is 919. The maximum atomic E-state index is 12.6. The van der Waals surface area contributed by atoms with Crippen molar-refractivity contribution in [3.63, 3.8) is 0 Å². The van der Waals surface area contributed by atoms with Gasteiger partial charge in [0.1, 0.15) is 12.4 Å². The number of carbonyl (C=O) groups excluding carboxylic acids is 1. The van der Waals surface area contributed by atoms with Crippen LogP contribution in [0, 0.1) is 0 Å². The van der Waals surface area contributed by atoms with E-state index >= 15 is 0 Å². The first-order valence-electron chi connectivity index (χ1n) is 9.37. The molecular formula is C21H28N2O5S. The van der Waals surface area contributed by atoms with Crippen LogP contribution < -0.4 is 14.8 Å². The minimum atomic E-state index is -3.63. The Kier molecular flexibility index (Phi) is 7.78. The van der Waals surface area contributed by atoms with Crippen molar-refractivity contribution in [2.45, 2.75) is 38.1 Å². The van der Waals surface area contributed by atoms with Crippen LogP contribution in [0.3, 0.4) is 0 Å². The van der Waals surface area contributed by atoms with Gasteiger partial charge in [-0.2, -0.15) is 0 Å². The van der Waals surface area contributed by atoms with Crippen LogP contribution in [0.5, 0.6) is 5.75 Å². The maximum Gasteiger partial charge on any atom is 0.259 e. The summed E-state index contributed by atoms with van der Waals surface area (Å²) in [4.78, 5) is 12.8. The zero-order valence-electron chi connectivity index (χ0n) is 17.2. The Hall–Kier alpha value is -2.42. The highest BCUT2D eigenvalue weighted by molar-refractivity contribution is 7.89. The number of amides is 1. The number of hydrogen-bond donors (Lipinski definition) is 2. The van der Waals surface area contributed by atoms with Crippen LogP contribution >= 0.6 is 0 Å². The van der Waals surface area contributed by atoms with E-state index in [0.29, 0.717) is 36.8 Å². The number of carbonyl (C=O) groups is 1. The van der Waals surface area contributed by atoms with Crippen molar-refractivity contribution in [2.75, 3.05) is 25.1 Å². The van der Waals surface area contributed by atoms with Gasteiger partial charge in [-0.3, -0.25) is 4.79 Å². The second-order valence-corrected chi connectivity index (χ2v) is 9.06. The second-order valence-electron chi connectivity index (χ2n) is 7.38. The molecule has 2 aromatic rings. The normalized spacial score (nSPS) is 11.9. The lowest BCUT2D eigenvalue weighted by Crippen LogP contribution is -2.40. The quantitative estimate of drug-likeness (QED) is 0.606. The highest BCUT2D eigenvalue weighted by Gasteiger charge is 2.22. The molecule has 0 unspecified atom stereocenters. The average Bonchev–Trinajstić information content (AvgIpc) is 2.64. The predicted molar refractivity (Wildman–Crippen MR) is 113 cm³/mol. The molecule has 2 rings (SSSR count). The maximum absolute atomic E-state index is 12.6. The summed E-state index contributed by atoms with van der Waals surface area (Å²) in [6, 6.07) is 12.9. The van der Waals surface area contributed by atoms with Crippen LogP contribution in [0.1, 0.15) is 38.1 Å². The van der Waals surface area contributed by atoms with Gasteiger partial charge >= 0.3 is 0 Å². The average molecular weight is 421 g/mol. The second kappa shape index (κ2) is 9.87. The molecule has 0 heterocycles. The SMILES string of the molecule is CCOCCOc1ccccc1C(=O)Nc1ccc(S(=O)(=O)NC(C)(C)C)cc1. The highest BCUT2D eigenvalue weighted by atomic mass is 32.2. The van der Waals surface area contributed by atoms with Crippen molar-refractivity contribution in [2.24, 2.45) is 0 Å². The van der Waals surface area contributed by atoms with Gasteiger partial charge in [0.05, 0.1) is 17.1 Å². The Morgan fingerprint density at radius 3 is 2.28 bits per heavy atom. The summed E-state index contributed by atoms with van der Waals surface area (Å²) in [6.07, 6.45) is 0. The summed E-state index contributed by atoms with van der Waals surface area (Å²) >= 11 is 0. The standard InChI is InChI=1S/C21H28N2O5S/c1-5-27-14-15-28-19-9-7-6-8-18(19)20(24)22-16-10-12-17(13-11-16)29(25,26)23-21(2,3)4/h6-13,23H,5,14-15H2,1-4H3,(H,22,24). The zero-order valence-corrected chi connectivity index (χ0v) is 18.0. The van der Waals surface area contributed by atoms with Crippen molar-refractivity contribution >= 4 is 21.6 Å². The number of anilines is 1. The lowest BCUT2D eigenvalue weighted by atomic mass is 10.1. The van der Waals surface area contributed by atoms with Gasteiger partial charge in [-0.05, 0) is 64.1 Å². The molecule has 0 spiro atoms. The summed E-state index contributed by atoms with van der Waals surface area (Å²) in [5, 5.41) is 2.76. The first-order chi connectivity index (χ1) is 13.6. The van der Waals surface area contributed by atoms with E-state index in [9.17, 15) is 13.2 Å². The van der Waals surface area contributed by atoms with E-state index in [4.69, 9.17) is 9.47 Å². The smallest absolute Gasteiger partial charge is 0.259 e. The molecule has 0 bridgehead atoms. The van der Waals surface area contributed by atoms with Crippen LogP contribution in [0.25, 0.3) is 0 Å². The van der Waals surface area contributed by atoms with Gasteiger partial charge in [-0.1, -0.05) is 12.1 Å². The van der Waals surface area contributed by atoms with Crippen molar-refractivity contribution in [1.82, 2.24) is 4.72 Å². The molecule has 0 radical (unpaired) electrons. The Balaban J connectivity index is 2.08. The molecule has 0 aliphatic carbocycles. The third kappa shape index (κ3) is 7.16. The topological polar surface area (TPSA) is 93.7 Å². The van der Waals surface area contributed by atoms with Crippen LogP contribution in [-0.2, 0) is 14.8 Å². The Labute approximate surface area is 172 Å². The van der Waals surface area contributed by atoms with Gasteiger partial charge in [0.2, 0.25) is 10.0 Å². The van der Waals surface area contributed by atoms with E-state index in [2.05, 4.69) is 10.0 Å². The fraction of sp³-hybridized carbons (Fsp3) is 0.381. The number of nitrogens with one attached hydrogen (secondary N) is 2.